The number of aromatic nitrogens is 2. The van der Waals surface area contributed by atoms with Gasteiger partial charge < -0.3 is 15.6 Å². The number of carbonyl (C=O) groups is 1. The van der Waals surface area contributed by atoms with Crippen LogP contribution in [0.25, 0.3) is 0 Å². The summed E-state index contributed by atoms with van der Waals surface area (Å²) >= 11 is 0. The van der Waals surface area contributed by atoms with Gasteiger partial charge >= 0.3 is 0 Å². The van der Waals surface area contributed by atoms with Crippen LogP contribution in [0.15, 0.2) is 4.52 Å². The second-order valence-electron chi connectivity index (χ2n) is 4.76. The van der Waals surface area contributed by atoms with Gasteiger partial charge in [0.2, 0.25) is 11.8 Å². The topological polar surface area (TPSA) is 94.0 Å². The summed E-state index contributed by atoms with van der Waals surface area (Å²) in [6.45, 7) is 5.92. The Kier molecular flexibility index (Phi) is 5.77. The molecule has 2 unspecified atom stereocenters. The number of nitrogens with two attached hydrogens (primary N) is 1. The van der Waals surface area contributed by atoms with E-state index >= 15 is 0 Å². The van der Waals surface area contributed by atoms with Crippen LogP contribution >= 0.6 is 0 Å². The van der Waals surface area contributed by atoms with Crippen molar-refractivity contribution in [2.45, 2.75) is 52.6 Å². The Morgan fingerprint density at radius 2 is 2.17 bits per heavy atom. The lowest BCUT2D eigenvalue weighted by Crippen LogP contribution is -2.29. The third-order valence-electron chi connectivity index (χ3n) is 2.73. The van der Waals surface area contributed by atoms with Gasteiger partial charge in [0.05, 0.1) is 6.54 Å². The van der Waals surface area contributed by atoms with Crippen LogP contribution in [0, 0.1) is 12.8 Å². The van der Waals surface area contributed by atoms with Gasteiger partial charge in [-0.25, -0.2) is 0 Å². The first-order chi connectivity index (χ1) is 8.49. The van der Waals surface area contributed by atoms with E-state index in [1.807, 2.05) is 13.8 Å². The maximum Gasteiger partial charge on any atom is 0.223 e. The molecule has 3 N–H and O–H groups in total. The summed E-state index contributed by atoms with van der Waals surface area (Å²) in [6.07, 6.45) is 2.76. The van der Waals surface area contributed by atoms with E-state index in [9.17, 15) is 4.79 Å². The van der Waals surface area contributed by atoms with Crippen LogP contribution in [0.1, 0.15) is 44.8 Å². The number of carbonyl (C=O) groups excluding carboxylic acids is 1. The van der Waals surface area contributed by atoms with E-state index < -0.39 is 0 Å². The summed E-state index contributed by atoms with van der Waals surface area (Å²) in [4.78, 5) is 15.8. The van der Waals surface area contributed by atoms with E-state index in [1.54, 1.807) is 6.92 Å². The molecule has 2 atom stereocenters. The predicted molar refractivity (Wildman–Crippen MR) is 67.5 cm³/mol. The molecule has 0 fully saturated rings. The maximum atomic E-state index is 11.8. The molecule has 0 radical (unpaired) electrons. The molecule has 0 saturated carbocycles. The number of nitrogens with zero attached hydrogens (tertiary/aromatic N) is 2. The standard InChI is InChI=1S/C12H22N4O2/c1-8(5-4-6-9(2)13)12(17)14-7-11-15-10(3)18-16-11/h8-9H,4-7,13H2,1-3H3,(H,14,17). The van der Waals surface area contributed by atoms with E-state index in [0.717, 1.165) is 19.3 Å². The molecule has 0 spiro atoms. The highest BCUT2D eigenvalue weighted by Gasteiger charge is 2.13. The monoisotopic (exact) mass is 254 g/mol. The van der Waals surface area contributed by atoms with Crippen molar-refractivity contribution in [3.8, 4) is 0 Å². The molecule has 0 aliphatic rings. The summed E-state index contributed by atoms with van der Waals surface area (Å²) in [5, 5.41) is 6.51. The summed E-state index contributed by atoms with van der Waals surface area (Å²) in [5.74, 6) is 1.01. The maximum absolute atomic E-state index is 11.8. The van der Waals surface area contributed by atoms with Gasteiger partial charge in [-0.2, -0.15) is 4.98 Å². The lowest BCUT2D eigenvalue weighted by Gasteiger charge is -2.11. The van der Waals surface area contributed by atoms with E-state index in [2.05, 4.69) is 15.5 Å². The van der Waals surface area contributed by atoms with Crippen LogP contribution in [0.2, 0.25) is 0 Å². The lowest BCUT2D eigenvalue weighted by molar-refractivity contribution is -0.124. The Morgan fingerprint density at radius 1 is 1.44 bits per heavy atom. The quantitative estimate of drug-likeness (QED) is 0.761. The number of rotatable bonds is 7. The highest BCUT2D eigenvalue weighted by atomic mass is 16.5. The fourth-order valence-corrected chi connectivity index (χ4v) is 1.63. The molecule has 0 bridgehead atoms. The molecule has 6 nitrogen and oxygen atoms in total. The molecule has 102 valence electrons. The Balaban J connectivity index is 2.23. The van der Waals surface area contributed by atoms with Crippen LogP contribution in [-0.4, -0.2) is 22.1 Å². The fraction of sp³-hybridized carbons (Fsp3) is 0.750. The SMILES string of the molecule is Cc1nc(CNC(=O)C(C)CCCC(C)N)no1. The van der Waals surface area contributed by atoms with E-state index in [0.29, 0.717) is 18.3 Å². The first kappa shape index (κ1) is 14.6. The summed E-state index contributed by atoms with van der Waals surface area (Å²) in [6, 6.07) is 0.197. The number of nitrogens with one attached hydrogen (secondary N) is 1. The largest absolute Gasteiger partial charge is 0.348 e. The van der Waals surface area contributed by atoms with Crippen molar-refractivity contribution in [3.05, 3.63) is 11.7 Å². The Bertz CT molecular complexity index is 376. The zero-order chi connectivity index (χ0) is 13.5. The molecular weight excluding hydrogens is 232 g/mol. The summed E-state index contributed by atoms with van der Waals surface area (Å²) in [7, 11) is 0. The van der Waals surface area contributed by atoms with Crippen molar-refractivity contribution in [1.82, 2.24) is 15.5 Å². The molecule has 1 heterocycles. The van der Waals surface area contributed by atoms with Gasteiger partial charge in [-0.15, -0.1) is 0 Å². The van der Waals surface area contributed by atoms with Gasteiger partial charge in [0.25, 0.3) is 0 Å². The molecule has 1 rings (SSSR count). The molecule has 0 aliphatic carbocycles. The Hall–Kier alpha value is -1.43. The van der Waals surface area contributed by atoms with Crippen molar-refractivity contribution in [2.24, 2.45) is 11.7 Å². The van der Waals surface area contributed by atoms with Gasteiger partial charge in [0, 0.05) is 18.9 Å². The lowest BCUT2D eigenvalue weighted by atomic mass is 10.0. The van der Waals surface area contributed by atoms with Gasteiger partial charge in [-0.1, -0.05) is 18.5 Å². The number of aryl methyl sites for hydroxylation is 1. The first-order valence-electron chi connectivity index (χ1n) is 6.31. The minimum absolute atomic E-state index is 0.0159. The summed E-state index contributed by atoms with van der Waals surface area (Å²) < 4.78 is 4.82. The molecule has 1 amide bonds. The molecule has 0 aliphatic heterocycles. The van der Waals surface area contributed by atoms with Gasteiger partial charge in [-0.05, 0) is 19.8 Å². The van der Waals surface area contributed by atoms with Gasteiger partial charge in [-0.3, -0.25) is 4.79 Å². The average Bonchev–Trinajstić information content (AvgIpc) is 2.71. The number of hydrogen-bond donors (Lipinski definition) is 2. The minimum atomic E-state index is -0.0169. The number of hydrogen-bond acceptors (Lipinski definition) is 5. The van der Waals surface area contributed by atoms with Gasteiger partial charge in [0.15, 0.2) is 5.82 Å². The second kappa shape index (κ2) is 7.10. The number of amides is 1. The zero-order valence-electron chi connectivity index (χ0n) is 11.3. The van der Waals surface area contributed by atoms with E-state index in [4.69, 9.17) is 10.3 Å². The smallest absolute Gasteiger partial charge is 0.223 e. The van der Waals surface area contributed by atoms with Crippen LogP contribution in [0.3, 0.4) is 0 Å². The van der Waals surface area contributed by atoms with Crippen LogP contribution in [-0.2, 0) is 11.3 Å². The Morgan fingerprint density at radius 3 is 2.72 bits per heavy atom. The molecular formula is C12H22N4O2. The zero-order valence-corrected chi connectivity index (χ0v) is 11.3. The van der Waals surface area contributed by atoms with Crippen molar-refractivity contribution in [2.75, 3.05) is 0 Å². The van der Waals surface area contributed by atoms with Crippen LogP contribution < -0.4 is 11.1 Å². The first-order valence-corrected chi connectivity index (χ1v) is 6.31. The van der Waals surface area contributed by atoms with E-state index in [1.165, 1.54) is 0 Å². The average molecular weight is 254 g/mol. The molecule has 1 aromatic heterocycles. The molecule has 18 heavy (non-hydrogen) atoms. The highest BCUT2D eigenvalue weighted by Crippen LogP contribution is 2.09. The second-order valence-corrected chi connectivity index (χ2v) is 4.76. The van der Waals surface area contributed by atoms with Crippen molar-refractivity contribution in [3.63, 3.8) is 0 Å². The summed E-state index contributed by atoms with van der Waals surface area (Å²) in [5.41, 5.74) is 5.66. The van der Waals surface area contributed by atoms with E-state index in [-0.39, 0.29) is 17.9 Å². The van der Waals surface area contributed by atoms with Crippen molar-refractivity contribution < 1.29 is 9.32 Å². The highest BCUT2D eigenvalue weighted by molar-refractivity contribution is 5.78. The predicted octanol–water partition coefficient (Wildman–Crippen LogP) is 1.15. The van der Waals surface area contributed by atoms with Gasteiger partial charge in [0.1, 0.15) is 0 Å². The van der Waals surface area contributed by atoms with Crippen LogP contribution in [0.4, 0.5) is 0 Å². The minimum Gasteiger partial charge on any atom is -0.348 e. The molecule has 0 aromatic carbocycles. The molecule has 6 heteroatoms. The molecule has 1 aromatic rings. The normalized spacial score (nSPS) is 14.2. The fourth-order valence-electron chi connectivity index (χ4n) is 1.63. The van der Waals surface area contributed by atoms with Crippen molar-refractivity contribution >= 4 is 5.91 Å². The third-order valence-corrected chi connectivity index (χ3v) is 2.73. The van der Waals surface area contributed by atoms with Crippen LogP contribution in [0.5, 0.6) is 0 Å². The molecule has 0 saturated heterocycles. The van der Waals surface area contributed by atoms with Crippen molar-refractivity contribution in [1.29, 1.82) is 0 Å². The Labute approximate surface area is 107 Å². The third kappa shape index (κ3) is 5.27.